The molecule has 2 fully saturated rings. The van der Waals surface area contributed by atoms with Crippen LogP contribution in [0.1, 0.15) is 28.9 Å². The standard InChI is InChI=1S/C25H26F2N6O3S/c1-37(35,36)33-13-20(14-33)32-23(34)17-5-2-4-16(8-17)18-11-29-24(30-12-18)31-15-25(9-19(26)10-25)22-21(27)6-3-7-28-22/h2-8,11-12,19-20H,9-10,13-15H2,1H3,(H,32,34)(H,29,30,31)/t19-,25-. The Labute approximate surface area is 213 Å². The summed E-state index contributed by atoms with van der Waals surface area (Å²) in [6.45, 7) is 0.758. The number of sulfonamides is 1. The van der Waals surface area contributed by atoms with Gasteiger partial charge >= 0.3 is 0 Å². The van der Waals surface area contributed by atoms with Crippen LogP contribution in [0.4, 0.5) is 14.7 Å². The lowest BCUT2D eigenvalue weighted by atomic mass is 9.65. The van der Waals surface area contributed by atoms with E-state index in [1.807, 2.05) is 6.07 Å². The Kier molecular flexibility index (Phi) is 6.63. The molecular formula is C25H26F2N6O3S. The Bertz CT molecular complexity index is 1410. The third-order valence-electron chi connectivity index (χ3n) is 6.83. The van der Waals surface area contributed by atoms with Crippen LogP contribution in [0.2, 0.25) is 0 Å². The number of nitrogens with zero attached hydrogens (tertiary/aromatic N) is 4. The van der Waals surface area contributed by atoms with Gasteiger partial charge in [0.05, 0.1) is 18.0 Å². The largest absolute Gasteiger partial charge is 0.353 e. The lowest BCUT2D eigenvalue weighted by Crippen LogP contribution is -2.60. The van der Waals surface area contributed by atoms with Crippen LogP contribution in [-0.2, 0) is 15.4 Å². The fourth-order valence-electron chi connectivity index (χ4n) is 4.71. The number of alkyl halides is 1. The smallest absolute Gasteiger partial charge is 0.251 e. The molecule has 1 aliphatic carbocycles. The molecule has 0 bridgehead atoms. The fraction of sp³-hybridized carbons (Fsp3) is 0.360. The minimum absolute atomic E-state index is 0.175. The third kappa shape index (κ3) is 5.30. The number of hydrogen-bond donors (Lipinski definition) is 2. The van der Waals surface area contributed by atoms with Crippen LogP contribution < -0.4 is 10.6 Å². The molecule has 0 spiro atoms. The number of anilines is 1. The number of nitrogens with one attached hydrogen (secondary N) is 2. The highest BCUT2D eigenvalue weighted by Gasteiger charge is 2.48. The lowest BCUT2D eigenvalue weighted by molar-refractivity contribution is 0.0895. The predicted octanol–water partition coefficient (Wildman–Crippen LogP) is 2.53. The summed E-state index contributed by atoms with van der Waals surface area (Å²) in [5, 5.41) is 5.92. The summed E-state index contributed by atoms with van der Waals surface area (Å²) in [5.41, 5.74) is 1.34. The van der Waals surface area contributed by atoms with E-state index in [2.05, 4.69) is 25.6 Å². The van der Waals surface area contributed by atoms with Crippen molar-refractivity contribution in [1.29, 1.82) is 0 Å². The van der Waals surface area contributed by atoms with Crippen LogP contribution in [0.25, 0.3) is 11.1 Å². The highest BCUT2D eigenvalue weighted by molar-refractivity contribution is 7.88. The number of carbonyl (C=O) groups is 1. The van der Waals surface area contributed by atoms with Gasteiger partial charge in [0.25, 0.3) is 5.91 Å². The van der Waals surface area contributed by atoms with Crippen LogP contribution >= 0.6 is 0 Å². The van der Waals surface area contributed by atoms with Crippen molar-refractivity contribution in [3.63, 3.8) is 0 Å². The predicted molar refractivity (Wildman–Crippen MR) is 134 cm³/mol. The summed E-state index contributed by atoms with van der Waals surface area (Å²) >= 11 is 0. The monoisotopic (exact) mass is 528 g/mol. The molecule has 3 heterocycles. The Balaban J connectivity index is 1.22. The van der Waals surface area contributed by atoms with Gasteiger partial charge in [0.15, 0.2) is 0 Å². The van der Waals surface area contributed by atoms with Crippen molar-refractivity contribution in [2.24, 2.45) is 0 Å². The first kappa shape index (κ1) is 25.2. The van der Waals surface area contributed by atoms with Crippen LogP contribution in [0.3, 0.4) is 0 Å². The summed E-state index contributed by atoms with van der Waals surface area (Å²) in [4.78, 5) is 25.5. The van der Waals surface area contributed by atoms with Gasteiger partial charge in [-0.15, -0.1) is 0 Å². The number of rotatable bonds is 8. The van der Waals surface area contributed by atoms with E-state index in [0.717, 1.165) is 11.8 Å². The molecule has 37 heavy (non-hydrogen) atoms. The van der Waals surface area contributed by atoms with Gasteiger partial charge in [0.2, 0.25) is 16.0 Å². The molecule has 2 aliphatic rings. The summed E-state index contributed by atoms with van der Waals surface area (Å²) in [6, 6.07) is 9.56. The molecule has 12 heteroatoms. The highest BCUT2D eigenvalue weighted by atomic mass is 32.2. The van der Waals surface area contributed by atoms with E-state index in [9.17, 15) is 22.0 Å². The maximum atomic E-state index is 14.3. The van der Waals surface area contributed by atoms with Crippen LogP contribution in [0, 0.1) is 5.82 Å². The SMILES string of the molecule is CS(=O)(=O)N1CC(NC(=O)c2cccc(-c3cnc(NC[C@]4(c5ncccc5F)C[C@H](F)C4)nc3)c2)C1. The molecule has 3 aromatic rings. The molecule has 2 aromatic heterocycles. The van der Waals surface area contributed by atoms with Crippen molar-refractivity contribution in [2.45, 2.75) is 30.5 Å². The normalized spacial score (nSPS) is 22.1. The molecule has 1 saturated heterocycles. The van der Waals surface area contributed by atoms with E-state index in [4.69, 9.17) is 0 Å². The quantitative estimate of drug-likeness (QED) is 0.462. The number of benzene rings is 1. The summed E-state index contributed by atoms with van der Waals surface area (Å²) < 4.78 is 52.4. The topological polar surface area (TPSA) is 117 Å². The van der Waals surface area contributed by atoms with Crippen molar-refractivity contribution >= 4 is 21.9 Å². The fourth-order valence-corrected chi connectivity index (χ4v) is 5.61. The van der Waals surface area contributed by atoms with Gasteiger partial charge in [0.1, 0.15) is 12.0 Å². The summed E-state index contributed by atoms with van der Waals surface area (Å²) in [6.07, 6.45) is 5.20. The molecule has 1 aliphatic heterocycles. The van der Waals surface area contributed by atoms with Gasteiger partial charge in [-0.2, -0.15) is 4.31 Å². The van der Waals surface area contributed by atoms with Crippen molar-refractivity contribution < 1.29 is 22.0 Å². The van der Waals surface area contributed by atoms with E-state index in [-0.39, 0.29) is 50.1 Å². The van der Waals surface area contributed by atoms with Crippen molar-refractivity contribution in [3.05, 3.63) is 72.1 Å². The second-order valence-corrected chi connectivity index (χ2v) is 11.6. The maximum absolute atomic E-state index is 14.3. The summed E-state index contributed by atoms with van der Waals surface area (Å²) in [5.74, 6) is -0.435. The molecule has 0 unspecified atom stereocenters. The van der Waals surface area contributed by atoms with Crippen molar-refractivity contribution in [3.8, 4) is 11.1 Å². The number of hydrogen-bond acceptors (Lipinski definition) is 7. The number of carbonyl (C=O) groups excluding carboxylic acids is 1. The van der Waals surface area contributed by atoms with E-state index < -0.39 is 27.4 Å². The van der Waals surface area contributed by atoms with Gasteiger partial charge < -0.3 is 10.6 Å². The molecule has 0 atom stereocenters. The van der Waals surface area contributed by atoms with E-state index in [1.54, 1.807) is 30.6 Å². The number of amides is 1. The van der Waals surface area contributed by atoms with Gasteiger partial charge in [0, 0.05) is 54.8 Å². The number of halogens is 2. The Morgan fingerprint density at radius 2 is 1.84 bits per heavy atom. The van der Waals surface area contributed by atoms with Crippen molar-refractivity contribution in [1.82, 2.24) is 24.6 Å². The Morgan fingerprint density at radius 1 is 1.11 bits per heavy atom. The van der Waals surface area contributed by atoms with Crippen LogP contribution in [0.15, 0.2) is 55.0 Å². The molecule has 9 nitrogen and oxygen atoms in total. The Morgan fingerprint density at radius 3 is 2.49 bits per heavy atom. The molecule has 1 aromatic carbocycles. The second kappa shape index (κ2) is 9.75. The van der Waals surface area contributed by atoms with Crippen LogP contribution in [0.5, 0.6) is 0 Å². The summed E-state index contributed by atoms with van der Waals surface area (Å²) in [7, 11) is -3.25. The van der Waals surface area contributed by atoms with Gasteiger partial charge in [-0.05, 0) is 42.7 Å². The zero-order valence-electron chi connectivity index (χ0n) is 20.1. The van der Waals surface area contributed by atoms with E-state index in [1.165, 1.54) is 22.6 Å². The lowest BCUT2D eigenvalue weighted by Gasteiger charge is -2.43. The second-order valence-electron chi connectivity index (χ2n) is 9.60. The zero-order chi connectivity index (χ0) is 26.2. The number of aromatic nitrogens is 3. The first-order chi connectivity index (χ1) is 17.6. The maximum Gasteiger partial charge on any atom is 0.251 e. The molecule has 1 amide bonds. The van der Waals surface area contributed by atoms with Gasteiger partial charge in [-0.1, -0.05) is 12.1 Å². The minimum atomic E-state index is -3.25. The molecule has 2 N–H and O–H groups in total. The first-order valence-electron chi connectivity index (χ1n) is 11.8. The van der Waals surface area contributed by atoms with E-state index in [0.29, 0.717) is 17.1 Å². The van der Waals surface area contributed by atoms with Gasteiger partial charge in [-0.3, -0.25) is 9.78 Å². The average molecular weight is 529 g/mol. The molecule has 5 rings (SSSR count). The van der Waals surface area contributed by atoms with E-state index >= 15 is 0 Å². The van der Waals surface area contributed by atoms with Gasteiger partial charge in [-0.25, -0.2) is 27.2 Å². The third-order valence-corrected chi connectivity index (χ3v) is 8.07. The highest BCUT2D eigenvalue weighted by Crippen LogP contribution is 2.45. The molecule has 1 saturated carbocycles. The number of pyridine rings is 1. The average Bonchev–Trinajstić information content (AvgIpc) is 2.83. The van der Waals surface area contributed by atoms with Crippen LogP contribution in [-0.4, -0.2) is 71.7 Å². The van der Waals surface area contributed by atoms with Crippen molar-refractivity contribution in [2.75, 3.05) is 31.2 Å². The first-order valence-corrected chi connectivity index (χ1v) is 13.7. The molecule has 194 valence electrons. The zero-order valence-corrected chi connectivity index (χ0v) is 20.9. The minimum Gasteiger partial charge on any atom is -0.353 e. The molecule has 0 radical (unpaired) electrons. The Hall–Kier alpha value is -3.51. The molecular weight excluding hydrogens is 502 g/mol.